The average Bonchev–Trinajstić information content (AvgIpc) is 2.71. The smallest absolute Gasteiger partial charge is 0.0456 e. The maximum absolute atomic E-state index is 3.36. The molecule has 0 atom stereocenters. The van der Waals surface area contributed by atoms with E-state index in [0.717, 1.165) is 0 Å². The Labute approximate surface area is 107 Å². The second-order valence-electron chi connectivity index (χ2n) is 5.00. The van der Waals surface area contributed by atoms with Gasteiger partial charge in [0.1, 0.15) is 0 Å². The van der Waals surface area contributed by atoms with Crippen LogP contribution in [0.4, 0.5) is 0 Å². The highest BCUT2D eigenvalue weighted by atomic mass is 14.7. The van der Waals surface area contributed by atoms with E-state index >= 15 is 0 Å². The minimum atomic E-state index is 1.21. The molecule has 2 aromatic carbocycles. The minimum absolute atomic E-state index is 1.21. The van der Waals surface area contributed by atoms with Gasteiger partial charge in [-0.05, 0) is 61.2 Å². The van der Waals surface area contributed by atoms with Gasteiger partial charge in [0, 0.05) is 16.6 Å². The van der Waals surface area contributed by atoms with Gasteiger partial charge in [0.15, 0.2) is 0 Å². The average molecular weight is 235 g/mol. The number of nitrogens with one attached hydrogen (secondary N) is 1. The molecule has 0 aliphatic rings. The van der Waals surface area contributed by atoms with Crippen molar-refractivity contribution in [1.82, 2.24) is 4.98 Å². The van der Waals surface area contributed by atoms with E-state index < -0.39 is 0 Å². The highest BCUT2D eigenvalue weighted by Crippen LogP contribution is 2.28. The van der Waals surface area contributed by atoms with Crippen LogP contribution in [-0.4, -0.2) is 4.98 Å². The predicted octanol–water partition coefficient (Wildman–Crippen LogP) is 4.76. The number of benzene rings is 2. The lowest BCUT2D eigenvalue weighted by Gasteiger charge is -2.08. The Morgan fingerprint density at radius 2 is 1.72 bits per heavy atom. The van der Waals surface area contributed by atoms with Gasteiger partial charge in [-0.2, -0.15) is 0 Å². The van der Waals surface area contributed by atoms with E-state index in [0.29, 0.717) is 0 Å². The number of aromatic amines is 1. The molecule has 3 rings (SSSR count). The molecule has 0 unspecified atom stereocenters. The number of H-pyrrole nitrogens is 1. The number of hydrogen-bond donors (Lipinski definition) is 1. The van der Waals surface area contributed by atoms with E-state index in [4.69, 9.17) is 0 Å². The van der Waals surface area contributed by atoms with Crippen LogP contribution in [-0.2, 0) is 0 Å². The number of rotatable bonds is 1. The molecule has 0 bridgehead atoms. The van der Waals surface area contributed by atoms with Gasteiger partial charge in [-0.15, -0.1) is 0 Å². The first kappa shape index (κ1) is 11.1. The first-order valence-electron chi connectivity index (χ1n) is 6.31. The summed E-state index contributed by atoms with van der Waals surface area (Å²) in [6.07, 6.45) is 0. The molecule has 3 aromatic rings. The molecular weight excluding hydrogens is 218 g/mol. The predicted molar refractivity (Wildman–Crippen MR) is 77.9 cm³/mol. The van der Waals surface area contributed by atoms with E-state index in [1.807, 2.05) is 0 Å². The summed E-state index contributed by atoms with van der Waals surface area (Å²) < 4.78 is 0. The molecule has 0 saturated carbocycles. The van der Waals surface area contributed by atoms with Crippen LogP contribution in [0.15, 0.2) is 42.5 Å². The quantitative estimate of drug-likeness (QED) is 0.626. The van der Waals surface area contributed by atoms with Crippen molar-refractivity contribution in [3.05, 3.63) is 59.3 Å². The topological polar surface area (TPSA) is 15.8 Å². The molecule has 18 heavy (non-hydrogen) atoms. The lowest BCUT2D eigenvalue weighted by atomic mass is 9.96. The third kappa shape index (κ3) is 1.72. The lowest BCUT2D eigenvalue weighted by molar-refractivity contribution is 1.30. The SMILES string of the molecule is Cc1cc2cc(-c3cccc(C)c3C)ccc2[nH]1. The largest absolute Gasteiger partial charge is 0.359 e. The van der Waals surface area contributed by atoms with Crippen molar-refractivity contribution in [3.8, 4) is 11.1 Å². The summed E-state index contributed by atoms with van der Waals surface area (Å²) in [6, 6.07) is 15.3. The van der Waals surface area contributed by atoms with Crippen LogP contribution in [0, 0.1) is 20.8 Å². The van der Waals surface area contributed by atoms with Gasteiger partial charge >= 0.3 is 0 Å². The molecule has 0 fully saturated rings. The third-order valence-electron chi connectivity index (χ3n) is 3.67. The van der Waals surface area contributed by atoms with E-state index in [-0.39, 0.29) is 0 Å². The van der Waals surface area contributed by atoms with Crippen LogP contribution in [0.2, 0.25) is 0 Å². The maximum Gasteiger partial charge on any atom is 0.0456 e. The molecule has 1 heterocycles. The summed E-state index contributed by atoms with van der Waals surface area (Å²) in [7, 11) is 0. The van der Waals surface area contributed by atoms with Crippen LogP contribution < -0.4 is 0 Å². The molecule has 0 spiro atoms. The molecule has 1 N–H and O–H groups in total. The summed E-state index contributed by atoms with van der Waals surface area (Å²) in [6.45, 7) is 6.45. The Balaban J connectivity index is 2.22. The molecule has 1 heteroatoms. The monoisotopic (exact) mass is 235 g/mol. The van der Waals surface area contributed by atoms with Crippen molar-refractivity contribution in [3.63, 3.8) is 0 Å². The number of hydrogen-bond acceptors (Lipinski definition) is 0. The zero-order valence-corrected chi connectivity index (χ0v) is 11.0. The molecule has 90 valence electrons. The number of aromatic nitrogens is 1. The first-order chi connectivity index (χ1) is 8.65. The third-order valence-corrected chi connectivity index (χ3v) is 3.67. The Kier molecular flexibility index (Phi) is 2.48. The molecule has 0 aliphatic heterocycles. The van der Waals surface area contributed by atoms with E-state index in [2.05, 4.69) is 68.2 Å². The fourth-order valence-electron chi connectivity index (χ4n) is 2.51. The van der Waals surface area contributed by atoms with Crippen molar-refractivity contribution in [2.45, 2.75) is 20.8 Å². The Morgan fingerprint density at radius 3 is 2.56 bits per heavy atom. The van der Waals surface area contributed by atoms with Gasteiger partial charge in [0.05, 0.1) is 0 Å². The van der Waals surface area contributed by atoms with Crippen LogP contribution in [0.3, 0.4) is 0 Å². The van der Waals surface area contributed by atoms with Gasteiger partial charge in [0.25, 0.3) is 0 Å². The molecule has 0 aliphatic carbocycles. The van der Waals surface area contributed by atoms with Gasteiger partial charge in [0.2, 0.25) is 0 Å². The van der Waals surface area contributed by atoms with Crippen molar-refractivity contribution >= 4 is 10.9 Å². The summed E-state index contributed by atoms with van der Waals surface area (Å²) in [5.41, 5.74) is 7.75. The molecule has 0 radical (unpaired) electrons. The second-order valence-corrected chi connectivity index (χ2v) is 5.00. The highest BCUT2D eigenvalue weighted by molar-refractivity contribution is 5.86. The van der Waals surface area contributed by atoms with E-state index in [1.165, 1.54) is 38.9 Å². The van der Waals surface area contributed by atoms with Gasteiger partial charge < -0.3 is 4.98 Å². The molecule has 1 aromatic heterocycles. The standard InChI is InChI=1S/C17H17N/c1-11-5-4-6-16(13(11)3)14-7-8-17-15(10-14)9-12(2)18-17/h4-10,18H,1-3H3. The summed E-state index contributed by atoms with van der Waals surface area (Å²) >= 11 is 0. The zero-order valence-electron chi connectivity index (χ0n) is 11.0. The number of fused-ring (bicyclic) bond motifs is 1. The second kappa shape index (κ2) is 4.02. The van der Waals surface area contributed by atoms with Crippen LogP contribution >= 0.6 is 0 Å². The summed E-state index contributed by atoms with van der Waals surface area (Å²) in [5, 5.41) is 1.28. The molecular formula is C17H17N. The van der Waals surface area contributed by atoms with Crippen LogP contribution in [0.25, 0.3) is 22.0 Å². The summed E-state index contributed by atoms with van der Waals surface area (Å²) in [5.74, 6) is 0. The molecule has 0 saturated heterocycles. The maximum atomic E-state index is 3.36. The van der Waals surface area contributed by atoms with Crippen molar-refractivity contribution < 1.29 is 0 Å². The van der Waals surface area contributed by atoms with Gasteiger partial charge in [-0.3, -0.25) is 0 Å². The fraction of sp³-hybridized carbons (Fsp3) is 0.176. The highest BCUT2D eigenvalue weighted by Gasteiger charge is 2.05. The normalized spacial score (nSPS) is 11.1. The molecule has 0 amide bonds. The van der Waals surface area contributed by atoms with Crippen LogP contribution in [0.1, 0.15) is 16.8 Å². The van der Waals surface area contributed by atoms with Crippen molar-refractivity contribution in [1.29, 1.82) is 0 Å². The van der Waals surface area contributed by atoms with E-state index in [9.17, 15) is 0 Å². The van der Waals surface area contributed by atoms with E-state index in [1.54, 1.807) is 0 Å². The Hall–Kier alpha value is -2.02. The molecule has 1 nitrogen and oxygen atoms in total. The Morgan fingerprint density at radius 1 is 0.889 bits per heavy atom. The summed E-state index contributed by atoms with van der Waals surface area (Å²) in [4.78, 5) is 3.36. The minimum Gasteiger partial charge on any atom is -0.359 e. The van der Waals surface area contributed by atoms with Crippen molar-refractivity contribution in [2.75, 3.05) is 0 Å². The fourth-order valence-corrected chi connectivity index (χ4v) is 2.51. The first-order valence-corrected chi connectivity index (χ1v) is 6.31. The zero-order chi connectivity index (χ0) is 12.7. The lowest BCUT2D eigenvalue weighted by Crippen LogP contribution is -1.86. The number of aryl methyl sites for hydroxylation is 2. The van der Waals surface area contributed by atoms with Crippen molar-refractivity contribution in [2.24, 2.45) is 0 Å². The van der Waals surface area contributed by atoms with Gasteiger partial charge in [-0.1, -0.05) is 24.3 Å². The van der Waals surface area contributed by atoms with Gasteiger partial charge in [-0.25, -0.2) is 0 Å². The Bertz CT molecular complexity index is 720. The van der Waals surface area contributed by atoms with Crippen LogP contribution in [0.5, 0.6) is 0 Å².